The maximum absolute atomic E-state index is 14.4. The standard InChI is InChI=1S/C23H22FNO4/c1-2-27-23(26)21(24)22(25)16-13-14-19(28-17-9-5-3-6-10-17)20(15-16)29-18-11-7-4-8-12-18/h3-15,21-22H,2,25H2,1H3/t21?,22-/m1/s1. The molecule has 0 spiro atoms. The van der Waals surface area contributed by atoms with Crippen molar-refractivity contribution in [2.45, 2.75) is 19.1 Å². The van der Waals surface area contributed by atoms with Gasteiger partial charge in [-0.3, -0.25) is 0 Å². The third-order valence-corrected chi connectivity index (χ3v) is 4.12. The van der Waals surface area contributed by atoms with Crippen molar-refractivity contribution in [3.63, 3.8) is 0 Å². The summed E-state index contributed by atoms with van der Waals surface area (Å²) in [5.74, 6) is 0.998. The second kappa shape index (κ2) is 9.71. The van der Waals surface area contributed by atoms with Gasteiger partial charge in [0.05, 0.1) is 12.6 Å². The van der Waals surface area contributed by atoms with Crippen molar-refractivity contribution in [3.05, 3.63) is 84.4 Å². The lowest BCUT2D eigenvalue weighted by Gasteiger charge is -2.18. The zero-order valence-electron chi connectivity index (χ0n) is 16.0. The van der Waals surface area contributed by atoms with Crippen LogP contribution in [0.3, 0.4) is 0 Å². The van der Waals surface area contributed by atoms with Crippen molar-refractivity contribution < 1.29 is 23.4 Å². The van der Waals surface area contributed by atoms with E-state index in [1.54, 1.807) is 37.3 Å². The van der Waals surface area contributed by atoms with E-state index in [0.29, 0.717) is 28.6 Å². The van der Waals surface area contributed by atoms with Crippen molar-refractivity contribution in [1.82, 2.24) is 0 Å². The summed E-state index contributed by atoms with van der Waals surface area (Å²) < 4.78 is 31.0. The molecule has 0 aliphatic carbocycles. The summed E-state index contributed by atoms with van der Waals surface area (Å²) >= 11 is 0. The smallest absolute Gasteiger partial charge is 0.342 e. The topological polar surface area (TPSA) is 70.8 Å². The molecule has 3 aromatic rings. The second-order valence-electron chi connectivity index (χ2n) is 6.22. The molecule has 150 valence electrons. The van der Waals surface area contributed by atoms with Crippen LogP contribution in [0.25, 0.3) is 0 Å². The van der Waals surface area contributed by atoms with Gasteiger partial charge in [0.2, 0.25) is 6.17 Å². The Kier molecular flexibility index (Phi) is 6.81. The Bertz CT molecular complexity index is 934. The first kappa shape index (κ1) is 20.4. The number of esters is 1. The molecule has 29 heavy (non-hydrogen) atoms. The van der Waals surface area contributed by atoms with E-state index in [2.05, 4.69) is 0 Å². The minimum absolute atomic E-state index is 0.0815. The van der Waals surface area contributed by atoms with Crippen LogP contribution < -0.4 is 15.2 Å². The summed E-state index contributed by atoms with van der Waals surface area (Å²) in [6, 6.07) is 21.9. The van der Waals surface area contributed by atoms with Crippen LogP contribution in [0.1, 0.15) is 18.5 Å². The molecule has 0 saturated heterocycles. The fraction of sp³-hybridized carbons (Fsp3) is 0.174. The van der Waals surface area contributed by atoms with Gasteiger partial charge in [0.1, 0.15) is 11.5 Å². The van der Waals surface area contributed by atoms with Crippen LogP contribution in [-0.4, -0.2) is 18.7 Å². The summed E-state index contributed by atoms with van der Waals surface area (Å²) in [4.78, 5) is 11.7. The van der Waals surface area contributed by atoms with E-state index in [9.17, 15) is 9.18 Å². The highest BCUT2D eigenvalue weighted by Gasteiger charge is 2.28. The zero-order chi connectivity index (χ0) is 20.6. The molecule has 5 nitrogen and oxygen atoms in total. The molecule has 0 bridgehead atoms. The molecule has 0 aromatic heterocycles. The largest absolute Gasteiger partial charge is 0.464 e. The predicted molar refractivity (Wildman–Crippen MR) is 108 cm³/mol. The Labute approximate surface area is 168 Å². The summed E-state index contributed by atoms with van der Waals surface area (Å²) in [7, 11) is 0. The number of nitrogens with two attached hydrogens (primary N) is 1. The minimum Gasteiger partial charge on any atom is -0.464 e. The average molecular weight is 395 g/mol. The van der Waals surface area contributed by atoms with Gasteiger partial charge in [-0.1, -0.05) is 42.5 Å². The van der Waals surface area contributed by atoms with Gasteiger partial charge in [0, 0.05) is 0 Å². The molecule has 0 saturated carbocycles. The highest BCUT2D eigenvalue weighted by atomic mass is 19.1. The molecule has 2 atom stereocenters. The molecule has 0 heterocycles. The quantitative estimate of drug-likeness (QED) is 0.533. The van der Waals surface area contributed by atoms with Gasteiger partial charge in [-0.2, -0.15) is 0 Å². The lowest BCUT2D eigenvalue weighted by atomic mass is 10.0. The van der Waals surface area contributed by atoms with Gasteiger partial charge in [-0.15, -0.1) is 0 Å². The van der Waals surface area contributed by atoms with Gasteiger partial charge < -0.3 is 19.9 Å². The first-order chi connectivity index (χ1) is 14.1. The van der Waals surface area contributed by atoms with Gasteiger partial charge in [0.15, 0.2) is 11.5 Å². The van der Waals surface area contributed by atoms with Gasteiger partial charge >= 0.3 is 5.97 Å². The number of benzene rings is 3. The van der Waals surface area contributed by atoms with Gasteiger partial charge in [-0.05, 0) is 48.9 Å². The van der Waals surface area contributed by atoms with Crippen LogP contribution in [-0.2, 0) is 9.53 Å². The second-order valence-corrected chi connectivity index (χ2v) is 6.22. The number of hydrogen-bond donors (Lipinski definition) is 1. The Balaban J connectivity index is 1.91. The molecule has 2 N–H and O–H groups in total. The van der Waals surface area contributed by atoms with Crippen molar-refractivity contribution in [1.29, 1.82) is 0 Å². The molecular weight excluding hydrogens is 373 g/mol. The number of alkyl halides is 1. The number of carbonyl (C=O) groups is 1. The maximum Gasteiger partial charge on any atom is 0.342 e. The molecular formula is C23H22FNO4. The molecule has 0 aliphatic heterocycles. The van der Waals surface area contributed by atoms with Crippen LogP contribution in [0, 0.1) is 0 Å². The first-order valence-electron chi connectivity index (χ1n) is 9.24. The lowest BCUT2D eigenvalue weighted by molar-refractivity contribution is -0.149. The van der Waals surface area contributed by atoms with Gasteiger partial charge in [-0.25, -0.2) is 9.18 Å². The summed E-state index contributed by atoms with van der Waals surface area (Å²) in [5.41, 5.74) is 6.35. The third kappa shape index (κ3) is 5.33. The van der Waals surface area contributed by atoms with Crippen LogP contribution in [0.2, 0.25) is 0 Å². The Hall–Kier alpha value is -3.38. The number of hydrogen-bond acceptors (Lipinski definition) is 5. The third-order valence-electron chi connectivity index (χ3n) is 4.12. The Morgan fingerprint density at radius 3 is 2.00 bits per heavy atom. The van der Waals surface area contributed by atoms with Crippen molar-refractivity contribution in [2.24, 2.45) is 5.73 Å². The van der Waals surface area contributed by atoms with Crippen LogP contribution >= 0.6 is 0 Å². The molecule has 3 aromatic carbocycles. The average Bonchev–Trinajstić information content (AvgIpc) is 2.75. The number of rotatable bonds is 8. The molecule has 1 unspecified atom stereocenters. The summed E-state index contributed by atoms with van der Waals surface area (Å²) in [6.45, 7) is 1.69. The van der Waals surface area contributed by atoms with Crippen LogP contribution in [0.5, 0.6) is 23.0 Å². The normalized spacial score (nSPS) is 12.7. The molecule has 0 fully saturated rings. The Morgan fingerprint density at radius 2 is 1.45 bits per heavy atom. The number of carbonyl (C=O) groups excluding carboxylic acids is 1. The van der Waals surface area contributed by atoms with E-state index in [4.69, 9.17) is 19.9 Å². The highest BCUT2D eigenvalue weighted by molar-refractivity contribution is 5.75. The van der Waals surface area contributed by atoms with Crippen molar-refractivity contribution in [3.8, 4) is 23.0 Å². The lowest BCUT2D eigenvalue weighted by Crippen LogP contribution is -2.31. The van der Waals surface area contributed by atoms with E-state index in [-0.39, 0.29) is 6.61 Å². The predicted octanol–water partition coefficient (Wildman–Crippen LogP) is 5.17. The molecule has 0 radical (unpaired) electrons. The van der Waals surface area contributed by atoms with E-state index >= 15 is 0 Å². The van der Waals surface area contributed by atoms with Crippen molar-refractivity contribution >= 4 is 5.97 Å². The maximum atomic E-state index is 14.4. The fourth-order valence-corrected chi connectivity index (χ4v) is 2.66. The van der Waals surface area contributed by atoms with Crippen molar-refractivity contribution in [2.75, 3.05) is 6.61 Å². The highest BCUT2D eigenvalue weighted by Crippen LogP contribution is 2.37. The van der Waals surface area contributed by atoms with Crippen LogP contribution in [0.4, 0.5) is 4.39 Å². The van der Waals surface area contributed by atoms with E-state index < -0.39 is 18.2 Å². The minimum atomic E-state index is -1.99. The fourth-order valence-electron chi connectivity index (χ4n) is 2.66. The van der Waals surface area contributed by atoms with Crippen LogP contribution in [0.15, 0.2) is 78.9 Å². The summed E-state index contributed by atoms with van der Waals surface area (Å²) in [6.07, 6.45) is -1.99. The monoisotopic (exact) mass is 395 g/mol. The zero-order valence-corrected chi connectivity index (χ0v) is 16.0. The van der Waals surface area contributed by atoms with E-state index in [1.165, 1.54) is 0 Å². The van der Waals surface area contributed by atoms with Gasteiger partial charge in [0.25, 0.3) is 0 Å². The summed E-state index contributed by atoms with van der Waals surface area (Å²) in [5, 5.41) is 0. The molecule has 3 rings (SSSR count). The molecule has 6 heteroatoms. The number of para-hydroxylation sites is 2. The van der Waals surface area contributed by atoms with E-state index in [1.807, 2.05) is 48.5 Å². The van der Waals surface area contributed by atoms with E-state index in [0.717, 1.165) is 0 Å². The number of halogens is 1. The molecule has 0 aliphatic rings. The Morgan fingerprint density at radius 1 is 0.897 bits per heavy atom. The molecule has 0 amide bonds. The number of ether oxygens (including phenoxy) is 3. The SMILES string of the molecule is CCOC(=O)C(F)[C@H](N)c1ccc(Oc2ccccc2)c(Oc2ccccc2)c1. The first-order valence-corrected chi connectivity index (χ1v) is 9.24.